The Morgan fingerprint density at radius 1 is 1.39 bits per heavy atom. The molecule has 1 N–H and O–H groups in total. The Kier molecular flexibility index (Phi) is 5.57. The first kappa shape index (κ1) is 15.4. The number of hydrogen-bond donors (Lipinski definition) is 1. The molecule has 0 aromatic heterocycles. The molecule has 0 aliphatic heterocycles. The van der Waals surface area contributed by atoms with Crippen molar-refractivity contribution in [1.82, 2.24) is 5.32 Å². The molecule has 1 aromatic rings. The lowest BCUT2D eigenvalue weighted by Gasteiger charge is -2.25. The molecule has 0 bridgehead atoms. The summed E-state index contributed by atoms with van der Waals surface area (Å²) in [6.45, 7) is 9.10. The fraction of sp³-hybridized carbons (Fsp3) is 0.571. The average Bonchev–Trinajstić information content (AvgIpc) is 2.24. The second-order valence-electron chi connectivity index (χ2n) is 5.20. The molecule has 0 heterocycles. The van der Waals surface area contributed by atoms with Crippen molar-refractivity contribution >= 4 is 11.6 Å². The van der Waals surface area contributed by atoms with Crippen LogP contribution in [0.25, 0.3) is 0 Å². The highest BCUT2D eigenvalue weighted by Crippen LogP contribution is 2.22. The second-order valence-corrected chi connectivity index (χ2v) is 5.64. The van der Waals surface area contributed by atoms with Gasteiger partial charge in [0, 0.05) is 10.6 Å². The first-order valence-corrected chi connectivity index (χ1v) is 6.53. The molecule has 0 fully saturated rings. The summed E-state index contributed by atoms with van der Waals surface area (Å²) < 4.78 is 19.6. The van der Waals surface area contributed by atoms with Crippen LogP contribution in [0.15, 0.2) is 18.2 Å². The number of rotatable bonds is 5. The van der Waals surface area contributed by atoms with E-state index in [1.807, 2.05) is 27.7 Å². The molecular formula is C14H21ClFNO. The Bertz CT molecular complexity index is 390. The van der Waals surface area contributed by atoms with E-state index in [0.29, 0.717) is 17.2 Å². The van der Waals surface area contributed by atoms with Crippen LogP contribution in [0.2, 0.25) is 5.02 Å². The van der Waals surface area contributed by atoms with E-state index in [9.17, 15) is 4.39 Å². The van der Waals surface area contributed by atoms with Crippen LogP contribution >= 0.6 is 11.6 Å². The van der Waals surface area contributed by atoms with E-state index in [4.69, 9.17) is 16.3 Å². The zero-order valence-electron chi connectivity index (χ0n) is 11.4. The standard InChI is InChI=1S/C14H21ClFNO/c1-5-17-13(9-18-14(2,3)4)11-7-6-10(15)8-12(11)16/h6-8,13,17H,5,9H2,1-4H3. The summed E-state index contributed by atoms with van der Waals surface area (Å²) in [5, 5.41) is 3.63. The highest BCUT2D eigenvalue weighted by atomic mass is 35.5. The van der Waals surface area contributed by atoms with Gasteiger partial charge in [0.1, 0.15) is 5.82 Å². The lowest BCUT2D eigenvalue weighted by Crippen LogP contribution is -2.30. The number of ether oxygens (including phenoxy) is 1. The van der Waals surface area contributed by atoms with Gasteiger partial charge in [-0.2, -0.15) is 0 Å². The Morgan fingerprint density at radius 3 is 2.56 bits per heavy atom. The fourth-order valence-corrected chi connectivity index (χ4v) is 1.78. The Morgan fingerprint density at radius 2 is 2.06 bits per heavy atom. The molecule has 1 unspecified atom stereocenters. The third kappa shape index (κ3) is 4.92. The third-order valence-electron chi connectivity index (χ3n) is 2.47. The topological polar surface area (TPSA) is 21.3 Å². The van der Waals surface area contributed by atoms with Crippen LogP contribution in [0.5, 0.6) is 0 Å². The van der Waals surface area contributed by atoms with E-state index in [-0.39, 0.29) is 17.5 Å². The minimum absolute atomic E-state index is 0.161. The minimum Gasteiger partial charge on any atom is -0.374 e. The largest absolute Gasteiger partial charge is 0.374 e. The zero-order chi connectivity index (χ0) is 13.8. The number of hydrogen-bond acceptors (Lipinski definition) is 2. The van der Waals surface area contributed by atoms with E-state index >= 15 is 0 Å². The summed E-state index contributed by atoms with van der Waals surface area (Å²) in [4.78, 5) is 0. The van der Waals surface area contributed by atoms with Crippen LogP contribution in [-0.2, 0) is 4.74 Å². The van der Waals surface area contributed by atoms with Gasteiger partial charge in [0.2, 0.25) is 0 Å². The van der Waals surface area contributed by atoms with Crippen molar-refractivity contribution in [3.8, 4) is 0 Å². The van der Waals surface area contributed by atoms with Gasteiger partial charge in [0.15, 0.2) is 0 Å². The van der Waals surface area contributed by atoms with Crippen molar-refractivity contribution < 1.29 is 9.13 Å². The Balaban J connectivity index is 2.83. The van der Waals surface area contributed by atoms with Gasteiger partial charge >= 0.3 is 0 Å². The molecule has 2 nitrogen and oxygen atoms in total. The third-order valence-corrected chi connectivity index (χ3v) is 2.71. The van der Waals surface area contributed by atoms with Crippen LogP contribution in [0.3, 0.4) is 0 Å². The van der Waals surface area contributed by atoms with Gasteiger partial charge in [-0.15, -0.1) is 0 Å². The molecule has 0 radical (unpaired) electrons. The minimum atomic E-state index is -0.300. The Labute approximate surface area is 113 Å². The van der Waals surface area contributed by atoms with Gasteiger partial charge in [-0.3, -0.25) is 0 Å². The van der Waals surface area contributed by atoms with Crippen LogP contribution in [0.1, 0.15) is 39.3 Å². The van der Waals surface area contributed by atoms with Crippen molar-refractivity contribution in [2.45, 2.75) is 39.3 Å². The first-order chi connectivity index (χ1) is 8.33. The number of halogens is 2. The summed E-state index contributed by atoms with van der Waals surface area (Å²) in [5.41, 5.74) is 0.349. The monoisotopic (exact) mass is 273 g/mol. The maximum atomic E-state index is 13.9. The van der Waals surface area contributed by atoms with Gasteiger partial charge < -0.3 is 10.1 Å². The van der Waals surface area contributed by atoms with Crippen molar-refractivity contribution in [3.63, 3.8) is 0 Å². The van der Waals surface area contributed by atoms with Crippen LogP contribution in [0.4, 0.5) is 4.39 Å². The SMILES string of the molecule is CCNC(COC(C)(C)C)c1ccc(Cl)cc1F. The van der Waals surface area contributed by atoms with Crippen molar-refractivity contribution in [3.05, 3.63) is 34.6 Å². The Hall–Kier alpha value is -0.640. The maximum Gasteiger partial charge on any atom is 0.129 e. The van der Waals surface area contributed by atoms with Crippen molar-refractivity contribution in [1.29, 1.82) is 0 Å². The molecule has 18 heavy (non-hydrogen) atoms. The van der Waals surface area contributed by atoms with Gasteiger partial charge in [0.05, 0.1) is 18.2 Å². The summed E-state index contributed by atoms with van der Waals surface area (Å²) in [6.07, 6.45) is 0. The summed E-state index contributed by atoms with van der Waals surface area (Å²) in [5.74, 6) is -0.300. The molecule has 1 aromatic carbocycles. The lowest BCUT2D eigenvalue weighted by atomic mass is 10.1. The van der Waals surface area contributed by atoms with Crippen LogP contribution in [-0.4, -0.2) is 18.8 Å². The number of benzene rings is 1. The molecule has 0 aliphatic carbocycles. The molecule has 1 rings (SSSR count). The van der Waals surface area contributed by atoms with E-state index in [1.165, 1.54) is 6.07 Å². The van der Waals surface area contributed by atoms with Crippen molar-refractivity contribution in [2.75, 3.05) is 13.2 Å². The van der Waals surface area contributed by atoms with Gasteiger partial charge in [-0.1, -0.05) is 24.6 Å². The molecule has 4 heteroatoms. The molecule has 0 saturated carbocycles. The normalized spacial score (nSPS) is 13.7. The predicted molar refractivity (Wildman–Crippen MR) is 73.5 cm³/mol. The predicted octanol–water partition coefficient (Wildman–Crippen LogP) is 3.94. The molecule has 0 spiro atoms. The van der Waals surface area contributed by atoms with Gasteiger partial charge in [-0.25, -0.2) is 4.39 Å². The van der Waals surface area contributed by atoms with Gasteiger partial charge in [0.25, 0.3) is 0 Å². The number of likely N-dealkylation sites (N-methyl/N-ethyl adjacent to an activating group) is 1. The fourth-order valence-electron chi connectivity index (χ4n) is 1.62. The van der Waals surface area contributed by atoms with Crippen LogP contribution in [0, 0.1) is 5.82 Å². The van der Waals surface area contributed by atoms with E-state index in [0.717, 1.165) is 6.54 Å². The van der Waals surface area contributed by atoms with Gasteiger partial charge in [-0.05, 0) is 39.4 Å². The molecular weight excluding hydrogens is 253 g/mol. The highest BCUT2D eigenvalue weighted by molar-refractivity contribution is 6.30. The quantitative estimate of drug-likeness (QED) is 0.877. The average molecular weight is 274 g/mol. The molecule has 0 amide bonds. The smallest absolute Gasteiger partial charge is 0.129 e. The molecule has 102 valence electrons. The van der Waals surface area contributed by atoms with E-state index < -0.39 is 0 Å². The second kappa shape index (κ2) is 6.50. The molecule has 0 aliphatic rings. The van der Waals surface area contributed by atoms with Crippen LogP contribution < -0.4 is 5.32 Å². The first-order valence-electron chi connectivity index (χ1n) is 6.16. The maximum absolute atomic E-state index is 13.9. The van der Waals surface area contributed by atoms with E-state index in [2.05, 4.69) is 5.32 Å². The van der Waals surface area contributed by atoms with Crippen molar-refractivity contribution in [2.24, 2.45) is 0 Å². The molecule has 0 saturated heterocycles. The number of nitrogens with one attached hydrogen (secondary N) is 1. The lowest BCUT2D eigenvalue weighted by molar-refractivity contribution is -0.0150. The highest BCUT2D eigenvalue weighted by Gasteiger charge is 2.19. The summed E-state index contributed by atoms with van der Waals surface area (Å²) in [7, 11) is 0. The van der Waals surface area contributed by atoms with E-state index in [1.54, 1.807) is 12.1 Å². The summed E-state index contributed by atoms with van der Waals surface area (Å²) in [6, 6.07) is 4.57. The zero-order valence-corrected chi connectivity index (χ0v) is 12.1. The molecule has 1 atom stereocenters. The summed E-state index contributed by atoms with van der Waals surface area (Å²) >= 11 is 5.76.